The van der Waals surface area contributed by atoms with Gasteiger partial charge in [-0.1, -0.05) is 30.3 Å². The van der Waals surface area contributed by atoms with Crippen molar-refractivity contribution in [3.63, 3.8) is 0 Å². The molecule has 5 nitrogen and oxygen atoms in total. The molecule has 0 saturated carbocycles. The van der Waals surface area contributed by atoms with Crippen LogP contribution in [0.25, 0.3) is 0 Å². The molecule has 0 spiro atoms. The predicted molar refractivity (Wildman–Crippen MR) is 113 cm³/mol. The van der Waals surface area contributed by atoms with Gasteiger partial charge in [0.15, 0.2) is 11.5 Å². The third-order valence-corrected chi connectivity index (χ3v) is 5.52. The Bertz CT molecular complexity index is 799. The molecule has 1 aliphatic heterocycles. The minimum Gasteiger partial charge on any atom is -0.493 e. The molecule has 28 heavy (non-hydrogen) atoms. The van der Waals surface area contributed by atoms with Crippen LogP contribution in [-0.4, -0.2) is 49.6 Å². The van der Waals surface area contributed by atoms with Crippen molar-refractivity contribution < 1.29 is 9.47 Å². The van der Waals surface area contributed by atoms with Gasteiger partial charge in [0.1, 0.15) is 6.61 Å². The second kappa shape index (κ2) is 10.5. The van der Waals surface area contributed by atoms with Gasteiger partial charge in [-0.2, -0.15) is 5.26 Å². The first-order valence-electron chi connectivity index (χ1n) is 9.54. The first-order chi connectivity index (χ1) is 13.7. The molecule has 6 heteroatoms. The number of hydrogen-bond acceptors (Lipinski definition) is 5. The third-order valence-electron chi connectivity index (χ3n) is 4.93. The molecular weight excluding hydrogens is 418 g/mol. The van der Waals surface area contributed by atoms with Gasteiger partial charge in [-0.25, -0.2) is 0 Å². The smallest absolute Gasteiger partial charge is 0.175 e. The second-order valence-corrected chi connectivity index (χ2v) is 7.76. The summed E-state index contributed by atoms with van der Waals surface area (Å²) < 4.78 is 12.5. The van der Waals surface area contributed by atoms with E-state index in [2.05, 4.69) is 43.9 Å². The van der Waals surface area contributed by atoms with E-state index in [1.807, 2.05) is 30.3 Å². The van der Waals surface area contributed by atoms with Crippen molar-refractivity contribution in [3.8, 4) is 17.6 Å². The molecule has 0 N–H and O–H groups in total. The normalized spacial score (nSPS) is 15.2. The Kier molecular flexibility index (Phi) is 7.72. The molecule has 0 aromatic heterocycles. The molecule has 1 fully saturated rings. The van der Waals surface area contributed by atoms with Crippen molar-refractivity contribution in [1.82, 2.24) is 9.80 Å². The van der Waals surface area contributed by atoms with Gasteiger partial charge in [0.2, 0.25) is 0 Å². The first-order valence-corrected chi connectivity index (χ1v) is 10.3. The van der Waals surface area contributed by atoms with E-state index in [0.29, 0.717) is 13.0 Å². The van der Waals surface area contributed by atoms with E-state index in [1.165, 1.54) is 5.56 Å². The van der Waals surface area contributed by atoms with Crippen LogP contribution in [-0.2, 0) is 13.2 Å². The van der Waals surface area contributed by atoms with Gasteiger partial charge in [0.05, 0.1) is 17.7 Å². The topological polar surface area (TPSA) is 48.7 Å². The molecule has 1 saturated heterocycles. The van der Waals surface area contributed by atoms with Crippen LogP contribution < -0.4 is 9.47 Å². The second-order valence-electron chi connectivity index (χ2n) is 6.91. The predicted octanol–water partition coefficient (Wildman–Crippen LogP) is 4.07. The molecule has 0 atom stereocenters. The summed E-state index contributed by atoms with van der Waals surface area (Å²) in [5.74, 6) is 1.48. The van der Waals surface area contributed by atoms with Gasteiger partial charge < -0.3 is 9.47 Å². The van der Waals surface area contributed by atoms with Gasteiger partial charge in [0.25, 0.3) is 0 Å². The van der Waals surface area contributed by atoms with Crippen LogP contribution in [0.4, 0.5) is 0 Å². The van der Waals surface area contributed by atoms with Crippen LogP contribution in [0.2, 0.25) is 0 Å². The maximum Gasteiger partial charge on any atom is 0.175 e. The fourth-order valence-corrected chi connectivity index (χ4v) is 3.98. The Labute approximate surface area is 175 Å². The fraction of sp³-hybridized carbons (Fsp3) is 0.409. The zero-order chi connectivity index (χ0) is 19.8. The Morgan fingerprint density at radius 3 is 2.43 bits per heavy atom. The van der Waals surface area contributed by atoms with Crippen molar-refractivity contribution in [2.45, 2.75) is 19.6 Å². The SMILES string of the molecule is COc1cc(CN2CCN(CCC#N)CC2)cc(Br)c1OCc1ccccc1. The average Bonchev–Trinajstić information content (AvgIpc) is 2.73. The minimum atomic E-state index is 0.500. The number of halogens is 1. The number of rotatable bonds is 8. The van der Waals surface area contributed by atoms with Crippen molar-refractivity contribution >= 4 is 15.9 Å². The highest BCUT2D eigenvalue weighted by Crippen LogP contribution is 2.37. The Hall–Kier alpha value is -2.07. The number of ether oxygens (including phenoxy) is 2. The molecular formula is C22H26BrN3O2. The molecule has 2 aromatic carbocycles. The van der Waals surface area contributed by atoms with Gasteiger partial charge in [-0.3, -0.25) is 9.80 Å². The maximum absolute atomic E-state index is 8.73. The molecule has 0 aliphatic carbocycles. The maximum atomic E-state index is 8.73. The van der Waals surface area contributed by atoms with Crippen molar-refractivity contribution in [3.05, 3.63) is 58.1 Å². The van der Waals surface area contributed by atoms with Crippen LogP contribution in [0, 0.1) is 11.3 Å². The van der Waals surface area contributed by atoms with Gasteiger partial charge in [-0.15, -0.1) is 0 Å². The number of benzene rings is 2. The number of methoxy groups -OCH3 is 1. The van der Waals surface area contributed by atoms with E-state index in [9.17, 15) is 0 Å². The molecule has 0 unspecified atom stereocenters. The summed E-state index contributed by atoms with van der Waals surface area (Å²) in [5, 5.41) is 8.73. The summed E-state index contributed by atoms with van der Waals surface area (Å²) in [6.07, 6.45) is 0.606. The summed E-state index contributed by atoms with van der Waals surface area (Å²) in [4.78, 5) is 4.80. The van der Waals surface area contributed by atoms with Crippen molar-refractivity contribution in [1.29, 1.82) is 5.26 Å². The quantitative estimate of drug-likeness (QED) is 0.615. The van der Waals surface area contributed by atoms with Crippen LogP contribution in [0.15, 0.2) is 46.9 Å². The Balaban J connectivity index is 1.61. The largest absolute Gasteiger partial charge is 0.493 e. The van der Waals surface area contributed by atoms with E-state index in [0.717, 1.165) is 60.8 Å². The minimum absolute atomic E-state index is 0.500. The number of nitrogens with zero attached hydrogens (tertiary/aromatic N) is 3. The monoisotopic (exact) mass is 443 g/mol. The highest BCUT2D eigenvalue weighted by Gasteiger charge is 2.18. The average molecular weight is 444 g/mol. The van der Waals surface area contributed by atoms with Gasteiger partial charge in [0, 0.05) is 45.7 Å². The highest BCUT2D eigenvalue weighted by atomic mass is 79.9. The lowest BCUT2D eigenvalue weighted by molar-refractivity contribution is 0.129. The zero-order valence-electron chi connectivity index (χ0n) is 16.2. The lowest BCUT2D eigenvalue weighted by Crippen LogP contribution is -2.46. The molecule has 1 aliphatic rings. The fourth-order valence-electron chi connectivity index (χ4n) is 3.37. The summed E-state index contributed by atoms with van der Waals surface area (Å²) in [6, 6.07) is 16.5. The van der Waals surface area contributed by atoms with E-state index in [1.54, 1.807) is 7.11 Å². The summed E-state index contributed by atoms with van der Waals surface area (Å²) in [7, 11) is 1.68. The van der Waals surface area contributed by atoms with Crippen molar-refractivity contribution in [2.24, 2.45) is 0 Å². The molecule has 3 rings (SSSR count). The van der Waals surface area contributed by atoms with Crippen LogP contribution >= 0.6 is 15.9 Å². The Morgan fingerprint density at radius 1 is 1.04 bits per heavy atom. The van der Waals surface area contributed by atoms with E-state index in [-0.39, 0.29) is 0 Å². The third kappa shape index (κ3) is 5.71. The highest BCUT2D eigenvalue weighted by molar-refractivity contribution is 9.10. The first kappa shape index (κ1) is 20.7. The summed E-state index contributed by atoms with van der Waals surface area (Å²) in [5.41, 5.74) is 2.32. The van der Waals surface area contributed by atoms with Gasteiger partial charge >= 0.3 is 0 Å². The van der Waals surface area contributed by atoms with E-state index in [4.69, 9.17) is 14.7 Å². The standard InChI is InChI=1S/C22H26BrN3O2/c1-27-21-15-19(16-26-12-10-25(11-13-26)9-5-8-24)14-20(23)22(21)28-17-18-6-3-2-4-7-18/h2-4,6-7,14-15H,5,9-13,16-17H2,1H3. The van der Waals surface area contributed by atoms with Crippen LogP contribution in [0.1, 0.15) is 17.5 Å². The Morgan fingerprint density at radius 2 is 1.75 bits per heavy atom. The lowest BCUT2D eigenvalue weighted by Gasteiger charge is -2.34. The molecule has 0 radical (unpaired) electrons. The number of hydrogen-bond donors (Lipinski definition) is 0. The van der Waals surface area contributed by atoms with Gasteiger partial charge in [-0.05, 0) is 39.2 Å². The number of piperazine rings is 1. The lowest BCUT2D eigenvalue weighted by atomic mass is 10.1. The molecule has 148 valence electrons. The molecule has 2 aromatic rings. The van der Waals surface area contributed by atoms with Crippen molar-refractivity contribution in [2.75, 3.05) is 39.8 Å². The van der Waals surface area contributed by atoms with E-state index >= 15 is 0 Å². The molecule has 1 heterocycles. The summed E-state index contributed by atoms with van der Waals surface area (Å²) >= 11 is 3.65. The zero-order valence-corrected chi connectivity index (χ0v) is 17.8. The number of nitriles is 1. The summed E-state index contributed by atoms with van der Waals surface area (Å²) in [6.45, 7) is 6.29. The molecule has 0 amide bonds. The van der Waals surface area contributed by atoms with Crippen LogP contribution in [0.3, 0.4) is 0 Å². The molecule has 0 bridgehead atoms. The van der Waals surface area contributed by atoms with E-state index < -0.39 is 0 Å². The van der Waals surface area contributed by atoms with Crippen LogP contribution in [0.5, 0.6) is 11.5 Å².